The fraction of sp³-hybridized carbons (Fsp3) is 0.471. The van der Waals surface area contributed by atoms with Crippen molar-refractivity contribution in [2.75, 3.05) is 13.2 Å². The largest absolute Gasteiger partial charge is 0.493 e. The molecule has 3 aromatic rings. The number of benzene rings is 1. The normalized spacial score (nSPS) is 11.6. The van der Waals surface area contributed by atoms with E-state index in [4.69, 9.17) is 9.47 Å². The molecule has 206 valence electrons. The first kappa shape index (κ1) is 30.2. The van der Waals surface area contributed by atoms with Gasteiger partial charge in [0.15, 0.2) is 0 Å². The molecule has 0 aliphatic carbocycles. The maximum atomic E-state index is 6.39. The van der Waals surface area contributed by atoms with Gasteiger partial charge >= 0.3 is 0 Å². The van der Waals surface area contributed by atoms with Crippen molar-refractivity contribution in [1.29, 1.82) is 0 Å². The van der Waals surface area contributed by atoms with Gasteiger partial charge < -0.3 is 9.47 Å². The van der Waals surface area contributed by atoms with Gasteiger partial charge in [-0.15, -0.1) is 0 Å². The van der Waals surface area contributed by atoms with Crippen molar-refractivity contribution in [3.05, 3.63) is 68.0 Å². The van der Waals surface area contributed by atoms with Crippen molar-refractivity contribution in [2.45, 2.75) is 90.9 Å². The lowest BCUT2D eigenvalue weighted by atomic mass is 10.1. The van der Waals surface area contributed by atoms with E-state index < -0.39 is 0 Å². The van der Waals surface area contributed by atoms with Gasteiger partial charge in [0.1, 0.15) is 11.5 Å². The first-order valence-electron chi connectivity index (χ1n) is 14.6. The third-order valence-electron chi connectivity index (χ3n) is 6.65. The summed E-state index contributed by atoms with van der Waals surface area (Å²) in [6.07, 6.45) is 23.8. The highest BCUT2D eigenvalue weighted by atomic mass is 32.1. The lowest BCUT2D eigenvalue weighted by Gasteiger charge is -2.15. The molecule has 1 aromatic carbocycles. The Hall–Kier alpha value is -2.30. The number of unbranched alkanes of at least 4 members (excludes halogenated alkanes) is 10. The summed E-state index contributed by atoms with van der Waals surface area (Å²) in [5, 5.41) is 8.56. The summed E-state index contributed by atoms with van der Waals surface area (Å²) in [6.45, 7) is 6.02. The summed E-state index contributed by atoms with van der Waals surface area (Å²) in [4.78, 5) is 0. The molecule has 4 heteroatoms. The Morgan fingerprint density at radius 2 is 0.974 bits per heavy atom. The maximum Gasteiger partial charge on any atom is 0.127 e. The molecule has 0 radical (unpaired) electrons. The Kier molecular flexibility index (Phi) is 15.0. The summed E-state index contributed by atoms with van der Waals surface area (Å²) in [7, 11) is 0. The van der Waals surface area contributed by atoms with Gasteiger partial charge in [0.05, 0.1) is 13.2 Å². The van der Waals surface area contributed by atoms with Crippen molar-refractivity contribution in [3.63, 3.8) is 0 Å². The predicted octanol–water partition coefficient (Wildman–Crippen LogP) is 11.6. The summed E-state index contributed by atoms with van der Waals surface area (Å²) in [6, 6.07) is 8.63. The van der Waals surface area contributed by atoms with Crippen molar-refractivity contribution >= 4 is 47.0 Å². The van der Waals surface area contributed by atoms with Crippen LogP contribution in [0.3, 0.4) is 0 Å². The second-order valence-corrected chi connectivity index (χ2v) is 11.5. The molecule has 2 aromatic heterocycles. The van der Waals surface area contributed by atoms with Gasteiger partial charge in [-0.25, -0.2) is 0 Å². The van der Waals surface area contributed by atoms with E-state index in [1.54, 1.807) is 22.7 Å². The molecule has 0 atom stereocenters. The average molecular weight is 551 g/mol. The molecule has 0 unspecified atom stereocenters. The predicted molar refractivity (Wildman–Crippen MR) is 171 cm³/mol. The topological polar surface area (TPSA) is 18.5 Å². The highest BCUT2D eigenvalue weighted by Crippen LogP contribution is 2.33. The van der Waals surface area contributed by atoms with E-state index in [0.717, 1.165) is 48.7 Å². The summed E-state index contributed by atoms with van der Waals surface area (Å²) >= 11 is 3.44. The Balaban J connectivity index is 1.75. The van der Waals surface area contributed by atoms with Crippen LogP contribution in [0, 0.1) is 0 Å². The molecule has 0 aliphatic rings. The molecular weight excluding hydrogens is 505 g/mol. The fourth-order valence-electron chi connectivity index (χ4n) is 4.34. The van der Waals surface area contributed by atoms with Crippen molar-refractivity contribution < 1.29 is 9.47 Å². The quantitative estimate of drug-likeness (QED) is 0.130. The summed E-state index contributed by atoms with van der Waals surface area (Å²) in [5.74, 6) is 1.86. The lowest BCUT2D eigenvalue weighted by molar-refractivity contribution is 0.295. The first-order chi connectivity index (χ1) is 18.8. The van der Waals surface area contributed by atoms with Crippen LogP contribution in [0.5, 0.6) is 11.5 Å². The third kappa shape index (κ3) is 11.6. The maximum absolute atomic E-state index is 6.39. The molecule has 0 saturated heterocycles. The fourth-order valence-corrected chi connectivity index (χ4v) is 5.60. The van der Waals surface area contributed by atoms with Gasteiger partial charge in [0.2, 0.25) is 0 Å². The van der Waals surface area contributed by atoms with Crippen LogP contribution in [0.15, 0.2) is 45.8 Å². The van der Waals surface area contributed by atoms with Crippen LogP contribution >= 0.6 is 22.7 Å². The molecule has 38 heavy (non-hydrogen) atoms. The highest BCUT2D eigenvalue weighted by Gasteiger charge is 2.10. The number of hydrogen-bond acceptors (Lipinski definition) is 4. The van der Waals surface area contributed by atoms with Crippen LogP contribution in [0.25, 0.3) is 24.3 Å². The standard InChI is InChI=1S/C34H46O2S2/c1-3-5-7-9-11-13-21-35-33-25-32(18-16-30-20-24-38-28-30)34(36-22-14-12-10-8-6-4-2)26-31(33)17-15-29-19-23-37-27-29/h15-20,23-28H,3-14,21-22H2,1-2H3/b17-15+,18-16+. The third-order valence-corrected chi connectivity index (χ3v) is 8.05. The molecule has 2 nitrogen and oxygen atoms in total. The van der Waals surface area contributed by atoms with Gasteiger partial charge in [-0.3, -0.25) is 0 Å². The minimum absolute atomic E-state index is 0.747. The molecule has 0 spiro atoms. The number of thiophene rings is 2. The number of hydrogen-bond donors (Lipinski definition) is 0. The minimum atomic E-state index is 0.747. The first-order valence-corrected chi connectivity index (χ1v) is 16.5. The van der Waals surface area contributed by atoms with E-state index in [1.807, 2.05) is 0 Å². The number of rotatable bonds is 20. The number of ether oxygens (including phenoxy) is 2. The molecule has 3 rings (SSSR count). The highest BCUT2D eigenvalue weighted by molar-refractivity contribution is 7.08. The zero-order valence-corrected chi connectivity index (χ0v) is 25.1. The van der Waals surface area contributed by atoms with Crippen LogP contribution in [0.2, 0.25) is 0 Å². The van der Waals surface area contributed by atoms with Gasteiger partial charge in [-0.2, -0.15) is 22.7 Å². The van der Waals surface area contributed by atoms with E-state index in [9.17, 15) is 0 Å². The van der Waals surface area contributed by atoms with Crippen LogP contribution in [0.1, 0.15) is 113 Å². The Bertz CT molecular complexity index is 963. The smallest absolute Gasteiger partial charge is 0.127 e. The van der Waals surface area contributed by atoms with E-state index in [1.165, 1.54) is 75.3 Å². The zero-order chi connectivity index (χ0) is 26.7. The molecule has 0 N–H and O–H groups in total. The van der Waals surface area contributed by atoms with Crippen molar-refractivity contribution in [2.24, 2.45) is 0 Å². The van der Waals surface area contributed by atoms with Gasteiger partial charge in [0.25, 0.3) is 0 Å². The average Bonchev–Trinajstić information content (AvgIpc) is 3.65. The van der Waals surface area contributed by atoms with Gasteiger partial charge in [-0.05, 0) is 69.8 Å². The van der Waals surface area contributed by atoms with Crippen molar-refractivity contribution in [1.82, 2.24) is 0 Å². The van der Waals surface area contributed by atoms with Crippen molar-refractivity contribution in [3.8, 4) is 11.5 Å². The second kappa shape index (κ2) is 18.9. The molecule has 0 bridgehead atoms. The Labute approximate surface area is 239 Å². The summed E-state index contributed by atoms with van der Waals surface area (Å²) in [5.41, 5.74) is 4.58. The molecule has 0 fully saturated rings. The Morgan fingerprint density at radius 3 is 1.37 bits per heavy atom. The van der Waals surface area contributed by atoms with E-state index in [-0.39, 0.29) is 0 Å². The van der Waals surface area contributed by atoms with E-state index >= 15 is 0 Å². The van der Waals surface area contributed by atoms with Gasteiger partial charge in [0, 0.05) is 11.1 Å². The minimum Gasteiger partial charge on any atom is -0.493 e. The van der Waals surface area contributed by atoms with Crippen LogP contribution in [-0.4, -0.2) is 13.2 Å². The molecule has 0 aliphatic heterocycles. The lowest BCUT2D eigenvalue weighted by Crippen LogP contribution is -2.03. The van der Waals surface area contributed by atoms with E-state index in [0.29, 0.717) is 0 Å². The molecule has 0 saturated carbocycles. The van der Waals surface area contributed by atoms with Gasteiger partial charge in [-0.1, -0.05) is 102 Å². The van der Waals surface area contributed by atoms with Crippen LogP contribution < -0.4 is 9.47 Å². The second-order valence-electron chi connectivity index (χ2n) is 9.94. The van der Waals surface area contributed by atoms with E-state index in [2.05, 4.69) is 83.9 Å². The van der Waals surface area contributed by atoms with Crippen LogP contribution in [-0.2, 0) is 0 Å². The molecule has 2 heterocycles. The monoisotopic (exact) mass is 550 g/mol. The molecule has 0 amide bonds. The van der Waals surface area contributed by atoms with Crippen LogP contribution in [0.4, 0.5) is 0 Å². The molecular formula is C34H46O2S2. The SMILES string of the molecule is CCCCCCCCOc1cc(/C=C/c2ccsc2)c(OCCCCCCCC)cc1/C=C/c1ccsc1. The zero-order valence-electron chi connectivity index (χ0n) is 23.5. The Morgan fingerprint density at radius 1 is 0.553 bits per heavy atom. The summed E-state index contributed by atoms with van der Waals surface area (Å²) < 4.78 is 12.8.